The summed E-state index contributed by atoms with van der Waals surface area (Å²) in [5.41, 5.74) is 4.01. The molecular weight excluding hydrogens is 318 g/mol. The molecule has 130 valence electrons. The molecule has 1 amide bonds. The maximum Gasteiger partial charge on any atom is 0.337 e. The third kappa shape index (κ3) is 3.36. The lowest BCUT2D eigenvalue weighted by Gasteiger charge is -2.22. The molecule has 2 aromatic carbocycles. The molecular formula is C20H21NO4. The Labute approximate surface area is 147 Å². The van der Waals surface area contributed by atoms with Crippen molar-refractivity contribution in [2.45, 2.75) is 20.4 Å². The Morgan fingerprint density at radius 1 is 1.12 bits per heavy atom. The average Bonchev–Trinajstić information content (AvgIpc) is 2.82. The lowest BCUT2D eigenvalue weighted by molar-refractivity contribution is 0.0600. The lowest BCUT2D eigenvalue weighted by Crippen LogP contribution is -2.33. The van der Waals surface area contributed by atoms with Crippen molar-refractivity contribution in [2.75, 3.05) is 20.3 Å². The van der Waals surface area contributed by atoms with E-state index in [1.165, 1.54) is 7.11 Å². The van der Waals surface area contributed by atoms with Crippen LogP contribution in [0.4, 0.5) is 0 Å². The van der Waals surface area contributed by atoms with Gasteiger partial charge in [0.2, 0.25) is 0 Å². The fourth-order valence-electron chi connectivity index (χ4n) is 3.10. The molecule has 0 saturated heterocycles. The quantitative estimate of drug-likeness (QED) is 0.789. The largest absolute Gasteiger partial charge is 0.491 e. The first-order chi connectivity index (χ1) is 12.0. The van der Waals surface area contributed by atoms with Gasteiger partial charge in [-0.3, -0.25) is 4.79 Å². The molecule has 0 aliphatic carbocycles. The minimum atomic E-state index is -0.404. The van der Waals surface area contributed by atoms with Crippen LogP contribution in [-0.4, -0.2) is 37.0 Å². The Kier molecular flexibility index (Phi) is 4.74. The Hall–Kier alpha value is -2.82. The van der Waals surface area contributed by atoms with Gasteiger partial charge >= 0.3 is 5.97 Å². The van der Waals surface area contributed by atoms with Crippen LogP contribution < -0.4 is 4.74 Å². The summed E-state index contributed by atoms with van der Waals surface area (Å²) in [6.45, 7) is 5.23. The molecule has 3 rings (SSSR count). The van der Waals surface area contributed by atoms with E-state index in [0.29, 0.717) is 31.0 Å². The molecule has 0 aromatic heterocycles. The zero-order valence-corrected chi connectivity index (χ0v) is 14.7. The zero-order chi connectivity index (χ0) is 18.0. The van der Waals surface area contributed by atoms with Crippen LogP contribution in [0.5, 0.6) is 5.75 Å². The highest BCUT2D eigenvalue weighted by atomic mass is 16.5. The van der Waals surface area contributed by atoms with E-state index < -0.39 is 5.97 Å². The average molecular weight is 339 g/mol. The number of esters is 1. The molecule has 0 fully saturated rings. The fraction of sp³-hybridized carbons (Fsp3) is 0.300. The highest BCUT2D eigenvalue weighted by Crippen LogP contribution is 2.26. The van der Waals surface area contributed by atoms with Crippen molar-refractivity contribution in [3.05, 3.63) is 64.2 Å². The first-order valence-electron chi connectivity index (χ1n) is 8.21. The summed E-state index contributed by atoms with van der Waals surface area (Å²) >= 11 is 0. The van der Waals surface area contributed by atoms with Gasteiger partial charge in [0.15, 0.2) is 0 Å². The Morgan fingerprint density at radius 2 is 1.84 bits per heavy atom. The van der Waals surface area contributed by atoms with E-state index in [9.17, 15) is 9.59 Å². The first kappa shape index (κ1) is 17.0. The van der Waals surface area contributed by atoms with Gasteiger partial charge < -0.3 is 14.4 Å². The molecule has 0 spiro atoms. The predicted molar refractivity (Wildman–Crippen MR) is 93.9 cm³/mol. The molecule has 0 N–H and O–H groups in total. The second kappa shape index (κ2) is 6.97. The monoisotopic (exact) mass is 339 g/mol. The van der Waals surface area contributed by atoms with Gasteiger partial charge in [-0.15, -0.1) is 0 Å². The number of benzene rings is 2. The number of aryl methyl sites for hydroxylation is 2. The standard InChI is InChI=1S/C20H21NO4/c1-13-5-4-6-14(2)18(13)19(22)21-9-10-25-17-11-15(20(23)24-3)7-8-16(17)12-21/h4-8,11H,9-10,12H2,1-3H3. The van der Waals surface area contributed by atoms with E-state index in [2.05, 4.69) is 0 Å². The molecule has 0 radical (unpaired) electrons. The lowest BCUT2D eigenvalue weighted by atomic mass is 10.0. The van der Waals surface area contributed by atoms with Crippen molar-refractivity contribution >= 4 is 11.9 Å². The number of hydrogen-bond donors (Lipinski definition) is 0. The number of rotatable bonds is 2. The van der Waals surface area contributed by atoms with Crippen LogP contribution in [0.25, 0.3) is 0 Å². The van der Waals surface area contributed by atoms with E-state index in [1.54, 1.807) is 17.0 Å². The predicted octanol–water partition coefficient (Wildman–Crippen LogP) is 3.12. The molecule has 5 heteroatoms. The number of carbonyl (C=O) groups excluding carboxylic acids is 2. The van der Waals surface area contributed by atoms with E-state index in [1.807, 2.05) is 38.1 Å². The highest BCUT2D eigenvalue weighted by molar-refractivity contribution is 5.97. The van der Waals surface area contributed by atoms with Gasteiger partial charge in [0.1, 0.15) is 12.4 Å². The highest BCUT2D eigenvalue weighted by Gasteiger charge is 2.24. The number of hydrogen-bond acceptors (Lipinski definition) is 4. The molecule has 1 aliphatic heterocycles. The third-order valence-electron chi connectivity index (χ3n) is 4.45. The van der Waals surface area contributed by atoms with E-state index in [0.717, 1.165) is 22.3 Å². The van der Waals surface area contributed by atoms with Gasteiger partial charge in [-0.05, 0) is 37.1 Å². The minimum absolute atomic E-state index is 0.00379. The van der Waals surface area contributed by atoms with Crippen molar-refractivity contribution in [3.8, 4) is 5.75 Å². The van der Waals surface area contributed by atoms with E-state index in [-0.39, 0.29) is 5.91 Å². The zero-order valence-electron chi connectivity index (χ0n) is 14.7. The second-order valence-corrected chi connectivity index (χ2v) is 6.16. The summed E-state index contributed by atoms with van der Waals surface area (Å²) in [5.74, 6) is 0.225. The Morgan fingerprint density at radius 3 is 2.52 bits per heavy atom. The van der Waals surface area contributed by atoms with Crippen molar-refractivity contribution in [1.29, 1.82) is 0 Å². The molecule has 0 atom stereocenters. The molecule has 0 bridgehead atoms. The topological polar surface area (TPSA) is 55.8 Å². The van der Waals surface area contributed by atoms with E-state index >= 15 is 0 Å². The third-order valence-corrected chi connectivity index (χ3v) is 4.45. The van der Waals surface area contributed by atoms with Gasteiger partial charge in [0, 0.05) is 17.7 Å². The number of ether oxygens (including phenoxy) is 2. The van der Waals surface area contributed by atoms with Gasteiger partial charge in [-0.1, -0.05) is 24.3 Å². The smallest absolute Gasteiger partial charge is 0.337 e. The number of amides is 1. The second-order valence-electron chi connectivity index (χ2n) is 6.16. The molecule has 1 heterocycles. The van der Waals surface area contributed by atoms with Gasteiger partial charge in [0.25, 0.3) is 5.91 Å². The maximum absolute atomic E-state index is 13.0. The molecule has 0 unspecified atom stereocenters. The molecule has 1 aliphatic rings. The number of fused-ring (bicyclic) bond motifs is 1. The summed E-state index contributed by atoms with van der Waals surface area (Å²) in [5, 5.41) is 0. The Balaban J connectivity index is 1.89. The van der Waals surface area contributed by atoms with Crippen molar-refractivity contribution in [1.82, 2.24) is 4.90 Å². The number of nitrogens with zero attached hydrogens (tertiary/aromatic N) is 1. The van der Waals surface area contributed by atoms with E-state index in [4.69, 9.17) is 9.47 Å². The van der Waals surface area contributed by atoms with Gasteiger partial charge in [-0.25, -0.2) is 4.79 Å². The summed E-state index contributed by atoms with van der Waals surface area (Å²) in [4.78, 5) is 26.5. The summed E-state index contributed by atoms with van der Waals surface area (Å²) in [6.07, 6.45) is 0. The SMILES string of the molecule is COC(=O)c1ccc2c(c1)OCCN(C(=O)c1c(C)cccc1C)C2. The van der Waals surface area contributed by atoms with Crippen molar-refractivity contribution in [2.24, 2.45) is 0 Å². The summed E-state index contributed by atoms with van der Waals surface area (Å²) in [7, 11) is 1.35. The number of carbonyl (C=O) groups is 2. The van der Waals surface area contributed by atoms with Gasteiger partial charge in [-0.2, -0.15) is 0 Å². The minimum Gasteiger partial charge on any atom is -0.491 e. The van der Waals surface area contributed by atoms with Crippen LogP contribution in [0.2, 0.25) is 0 Å². The van der Waals surface area contributed by atoms with Crippen LogP contribution in [0.15, 0.2) is 36.4 Å². The van der Waals surface area contributed by atoms with Crippen molar-refractivity contribution in [3.63, 3.8) is 0 Å². The summed E-state index contributed by atoms with van der Waals surface area (Å²) in [6, 6.07) is 11.0. The first-order valence-corrected chi connectivity index (χ1v) is 8.21. The van der Waals surface area contributed by atoms with Crippen LogP contribution in [0.3, 0.4) is 0 Å². The molecule has 25 heavy (non-hydrogen) atoms. The fourth-order valence-corrected chi connectivity index (χ4v) is 3.10. The van der Waals surface area contributed by atoms with Crippen LogP contribution in [0, 0.1) is 13.8 Å². The number of methoxy groups -OCH3 is 1. The van der Waals surface area contributed by atoms with Crippen LogP contribution in [-0.2, 0) is 11.3 Å². The molecule has 2 aromatic rings. The van der Waals surface area contributed by atoms with Crippen LogP contribution in [0.1, 0.15) is 37.4 Å². The summed E-state index contributed by atoms with van der Waals surface area (Å²) < 4.78 is 10.5. The van der Waals surface area contributed by atoms with Crippen LogP contribution >= 0.6 is 0 Å². The molecule has 5 nitrogen and oxygen atoms in total. The van der Waals surface area contributed by atoms with Gasteiger partial charge in [0.05, 0.1) is 19.2 Å². The molecule has 0 saturated carbocycles. The van der Waals surface area contributed by atoms with Crippen molar-refractivity contribution < 1.29 is 19.1 Å². The Bertz CT molecular complexity index is 808. The maximum atomic E-state index is 13.0. The normalized spacial score (nSPS) is 13.5.